The van der Waals surface area contributed by atoms with Gasteiger partial charge in [0.1, 0.15) is 5.69 Å². The standard InChI is InChI=1S/C19H20F2N2O2/c1-12-5-4-10-22-17(12)19(20,21)18(25)23-16-14(11-24)9-8-13-6-2-3-7-15(13)16/h2-7,10,14,16,24H,8-9,11H2,1H3,(H,23,25)/t14-,16+/m1/s1. The molecule has 1 amide bonds. The molecule has 6 heteroatoms. The van der Waals surface area contributed by atoms with Crippen molar-refractivity contribution in [2.24, 2.45) is 5.92 Å². The molecule has 1 aromatic carbocycles. The molecule has 0 fully saturated rings. The summed E-state index contributed by atoms with van der Waals surface area (Å²) >= 11 is 0. The Kier molecular flexibility index (Phi) is 4.81. The van der Waals surface area contributed by atoms with E-state index in [0.29, 0.717) is 6.42 Å². The number of aromatic nitrogens is 1. The number of hydrogen-bond acceptors (Lipinski definition) is 3. The van der Waals surface area contributed by atoms with Gasteiger partial charge in [-0.2, -0.15) is 8.78 Å². The lowest BCUT2D eigenvalue weighted by molar-refractivity contribution is -0.149. The minimum Gasteiger partial charge on any atom is -0.396 e. The van der Waals surface area contributed by atoms with E-state index in [4.69, 9.17) is 0 Å². The monoisotopic (exact) mass is 346 g/mol. The lowest BCUT2D eigenvalue weighted by atomic mass is 9.80. The minimum atomic E-state index is -3.74. The third kappa shape index (κ3) is 3.26. The molecule has 0 bridgehead atoms. The molecule has 2 aromatic rings. The Bertz CT molecular complexity index is 780. The van der Waals surface area contributed by atoms with E-state index < -0.39 is 23.6 Å². The molecule has 1 heterocycles. The van der Waals surface area contributed by atoms with Crippen LogP contribution >= 0.6 is 0 Å². The molecular weight excluding hydrogens is 326 g/mol. The van der Waals surface area contributed by atoms with Crippen LogP contribution in [0.4, 0.5) is 8.78 Å². The number of hydrogen-bond donors (Lipinski definition) is 2. The van der Waals surface area contributed by atoms with Gasteiger partial charge < -0.3 is 10.4 Å². The van der Waals surface area contributed by atoms with Gasteiger partial charge in [-0.1, -0.05) is 30.3 Å². The van der Waals surface area contributed by atoms with Crippen molar-refractivity contribution in [2.45, 2.75) is 31.7 Å². The van der Waals surface area contributed by atoms with E-state index in [0.717, 1.165) is 17.5 Å². The number of aliphatic hydroxyl groups is 1. The molecule has 25 heavy (non-hydrogen) atoms. The highest BCUT2D eigenvalue weighted by Crippen LogP contribution is 2.36. The molecule has 0 saturated heterocycles. The molecule has 0 saturated carbocycles. The van der Waals surface area contributed by atoms with Gasteiger partial charge >= 0.3 is 5.92 Å². The van der Waals surface area contributed by atoms with E-state index in [2.05, 4.69) is 10.3 Å². The fourth-order valence-electron chi connectivity index (χ4n) is 3.37. The second-order valence-corrected chi connectivity index (χ2v) is 6.37. The summed E-state index contributed by atoms with van der Waals surface area (Å²) in [6.07, 6.45) is 2.63. The predicted octanol–water partition coefficient (Wildman–Crippen LogP) is 2.89. The van der Waals surface area contributed by atoms with Crippen LogP contribution in [0.2, 0.25) is 0 Å². The molecule has 1 aliphatic rings. The molecule has 2 N–H and O–H groups in total. The van der Waals surface area contributed by atoms with Gasteiger partial charge in [-0.25, -0.2) is 0 Å². The third-order valence-corrected chi connectivity index (χ3v) is 4.76. The van der Waals surface area contributed by atoms with Gasteiger partial charge in [0.15, 0.2) is 0 Å². The van der Waals surface area contributed by atoms with Crippen molar-refractivity contribution in [3.8, 4) is 0 Å². The van der Waals surface area contributed by atoms with Gasteiger partial charge in [0.05, 0.1) is 6.04 Å². The van der Waals surface area contributed by atoms with E-state index in [9.17, 15) is 18.7 Å². The second-order valence-electron chi connectivity index (χ2n) is 6.37. The van der Waals surface area contributed by atoms with Crippen molar-refractivity contribution in [1.29, 1.82) is 0 Å². The largest absolute Gasteiger partial charge is 0.396 e. The smallest absolute Gasteiger partial charge is 0.366 e. The summed E-state index contributed by atoms with van der Waals surface area (Å²) in [5, 5.41) is 12.1. The molecule has 0 radical (unpaired) electrons. The Morgan fingerprint density at radius 2 is 2.08 bits per heavy atom. The van der Waals surface area contributed by atoms with Gasteiger partial charge in [0.2, 0.25) is 0 Å². The maximum Gasteiger partial charge on any atom is 0.366 e. The quantitative estimate of drug-likeness (QED) is 0.895. The van der Waals surface area contributed by atoms with E-state index in [1.165, 1.54) is 19.2 Å². The topological polar surface area (TPSA) is 62.2 Å². The summed E-state index contributed by atoms with van der Waals surface area (Å²) in [7, 11) is 0. The normalized spacial score (nSPS) is 20.0. The Hall–Kier alpha value is -2.34. The Morgan fingerprint density at radius 3 is 2.80 bits per heavy atom. The Labute approximate surface area is 144 Å². The number of benzene rings is 1. The molecule has 0 aliphatic heterocycles. The van der Waals surface area contributed by atoms with Crippen LogP contribution in [0.3, 0.4) is 0 Å². The number of alkyl halides is 2. The average molecular weight is 346 g/mol. The number of halogens is 2. The average Bonchev–Trinajstić information content (AvgIpc) is 2.62. The van der Waals surface area contributed by atoms with Crippen LogP contribution in [0.1, 0.15) is 34.8 Å². The summed E-state index contributed by atoms with van der Waals surface area (Å²) in [5.41, 5.74) is 1.51. The molecule has 2 atom stereocenters. The van der Waals surface area contributed by atoms with Crippen molar-refractivity contribution in [1.82, 2.24) is 10.3 Å². The molecule has 1 aliphatic carbocycles. The van der Waals surface area contributed by atoms with Crippen LogP contribution < -0.4 is 5.32 Å². The number of nitrogens with one attached hydrogen (secondary N) is 1. The first-order valence-corrected chi connectivity index (χ1v) is 8.24. The number of aliphatic hydroxyl groups excluding tert-OH is 1. The second kappa shape index (κ2) is 6.88. The van der Waals surface area contributed by atoms with E-state index >= 15 is 0 Å². The van der Waals surface area contributed by atoms with Gasteiger partial charge in [0, 0.05) is 18.7 Å². The summed E-state index contributed by atoms with van der Waals surface area (Å²) in [5.74, 6) is -5.42. The van der Waals surface area contributed by atoms with E-state index in [-0.39, 0.29) is 18.1 Å². The van der Waals surface area contributed by atoms with Crippen molar-refractivity contribution < 1.29 is 18.7 Å². The first kappa shape index (κ1) is 17.5. The number of aryl methyl sites for hydroxylation is 2. The fraction of sp³-hybridized carbons (Fsp3) is 0.368. The first-order valence-electron chi connectivity index (χ1n) is 8.24. The summed E-state index contributed by atoms with van der Waals surface area (Å²) < 4.78 is 29.3. The number of fused-ring (bicyclic) bond motifs is 1. The highest BCUT2D eigenvalue weighted by molar-refractivity contribution is 5.85. The van der Waals surface area contributed by atoms with Crippen molar-refractivity contribution in [3.05, 3.63) is 65.0 Å². The number of carbonyl (C=O) groups is 1. The number of pyridine rings is 1. The predicted molar refractivity (Wildman–Crippen MR) is 89.1 cm³/mol. The molecule has 4 nitrogen and oxygen atoms in total. The lowest BCUT2D eigenvalue weighted by Crippen LogP contribution is -2.45. The maximum absolute atomic E-state index is 14.6. The number of amides is 1. The van der Waals surface area contributed by atoms with Crippen LogP contribution in [0.5, 0.6) is 0 Å². The zero-order valence-corrected chi connectivity index (χ0v) is 13.9. The third-order valence-electron chi connectivity index (χ3n) is 4.76. The number of carbonyl (C=O) groups excluding carboxylic acids is 1. The highest BCUT2D eigenvalue weighted by Gasteiger charge is 2.45. The van der Waals surface area contributed by atoms with Gasteiger partial charge in [-0.15, -0.1) is 0 Å². The van der Waals surface area contributed by atoms with Crippen molar-refractivity contribution in [2.75, 3.05) is 6.61 Å². The molecule has 3 rings (SSSR count). The summed E-state index contributed by atoms with van der Waals surface area (Å²) in [6, 6.07) is 9.82. The molecule has 1 aromatic heterocycles. The van der Waals surface area contributed by atoms with Crippen LogP contribution in [-0.4, -0.2) is 22.6 Å². The SMILES string of the molecule is Cc1cccnc1C(F)(F)C(=O)N[C@@H]1c2ccccc2CC[C@@H]1CO. The summed E-state index contributed by atoms with van der Waals surface area (Å²) in [4.78, 5) is 16.1. The molecule has 0 unspecified atom stereocenters. The van der Waals surface area contributed by atoms with Crippen LogP contribution in [-0.2, 0) is 17.1 Å². The van der Waals surface area contributed by atoms with Gasteiger partial charge in [0.25, 0.3) is 5.91 Å². The zero-order valence-electron chi connectivity index (χ0n) is 13.9. The van der Waals surface area contributed by atoms with E-state index in [1.54, 1.807) is 12.1 Å². The highest BCUT2D eigenvalue weighted by atomic mass is 19.3. The van der Waals surface area contributed by atoms with Crippen molar-refractivity contribution >= 4 is 5.91 Å². The Morgan fingerprint density at radius 1 is 1.32 bits per heavy atom. The van der Waals surface area contributed by atoms with Gasteiger partial charge in [-0.05, 0) is 42.5 Å². The fourth-order valence-corrected chi connectivity index (χ4v) is 3.37. The number of nitrogens with zero attached hydrogens (tertiary/aromatic N) is 1. The van der Waals surface area contributed by atoms with Crippen LogP contribution in [0, 0.1) is 12.8 Å². The molecule has 0 spiro atoms. The van der Waals surface area contributed by atoms with E-state index in [1.807, 2.05) is 18.2 Å². The van der Waals surface area contributed by atoms with Crippen LogP contribution in [0.15, 0.2) is 42.6 Å². The maximum atomic E-state index is 14.6. The molecular formula is C19H20F2N2O2. The zero-order chi connectivity index (χ0) is 18.0. The number of rotatable bonds is 4. The minimum absolute atomic E-state index is 0.173. The van der Waals surface area contributed by atoms with Crippen molar-refractivity contribution in [3.63, 3.8) is 0 Å². The summed E-state index contributed by atoms with van der Waals surface area (Å²) in [6.45, 7) is 1.32. The van der Waals surface area contributed by atoms with Crippen LogP contribution in [0.25, 0.3) is 0 Å². The first-order chi connectivity index (χ1) is 11.9. The molecule has 132 valence electrons. The lowest BCUT2D eigenvalue weighted by Gasteiger charge is -2.34. The Balaban J connectivity index is 1.90. The van der Waals surface area contributed by atoms with Gasteiger partial charge in [-0.3, -0.25) is 9.78 Å².